The second-order valence-electron chi connectivity index (χ2n) is 4.92. The number of aromatic nitrogens is 3. The number of halogens is 1. The number of anilines is 1. The Morgan fingerprint density at radius 2 is 2.14 bits per heavy atom. The van der Waals surface area contributed by atoms with Crippen LogP contribution in [0.3, 0.4) is 0 Å². The fourth-order valence-electron chi connectivity index (χ4n) is 2.33. The smallest absolute Gasteiger partial charge is 0.259 e. The minimum Gasteiger partial charge on any atom is -0.310 e. The number of amides is 1. The van der Waals surface area contributed by atoms with Crippen LogP contribution in [-0.4, -0.2) is 20.4 Å². The zero-order chi connectivity index (χ0) is 15.5. The summed E-state index contributed by atoms with van der Waals surface area (Å²) in [6.07, 6.45) is 4.14. The van der Waals surface area contributed by atoms with Crippen LogP contribution in [0.5, 0.6) is 0 Å². The second kappa shape index (κ2) is 6.27. The summed E-state index contributed by atoms with van der Waals surface area (Å²) in [5, 5.41) is 2.88. The molecule has 3 rings (SSSR count). The molecule has 0 aliphatic heterocycles. The van der Waals surface area contributed by atoms with E-state index in [4.69, 9.17) is 0 Å². The van der Waals surface area contributed by atoms with Gasteiger partial charge in [-0.1, -0.05) is 19.1 Å². The first-order chi connectivity index (χ1) is 10.7. The molecule has 112 valence electrons. The van der Waals surface area contributed by atoms with Gasteiger partial charge in [0.25, 0.3) is 5.91 Å². The SMILES string of the molecule is CCCn1c(NC(=O)c2cncc(Br)c2)nc2ccccc21. The molecular formula is C16H15BrN4O. The van der Waals surface area contributed by atoms with Crippen molar-refractivity contribution in [2.45, 2.75) is 19.9 Å². The van der Waals surface area contributed by atoms with E-state index < -0.39 is 0 Å². The van der Waals surface area contributed by atoms with Crippen LogP contribution in [0.2, 0.25) is 0 Å². The summed E-state index contributed by atoms with van der Waals surface area (Å²) >= 11 is 3.32. The van der Waals surface area contributed by atoms with E-state index in [0.717, 1.165) is 28.5 Å². The van der Waals surface area contributed by atoms with Gasteiger partial charge in [-0.15, -0.1) is 0 Å². The van der Waals surface area contributed by atoms with Crippen molar-refractivity contribution in [1.82, 2.24) is 14.5 Å². The maximum absolute atomic E-state index is 12.4. The number of benzene rings is 1. The number of fused-ring (bicyclic) bond motifs is 1. The molecule has 1 aromatic carbocycles. The summed E-state index contributed by atoms with van der Waals surface area (Å²) in [4.78, 5) is 20.9. The van der Waals surface area contributed by atoms with E-state index >= 15 is 0 Å². The van der Waals surface area contributed by atoms with Gasteiger partial charge in [0.15, 0.2) is 0 Å². The summed E-state index contributed by atoms with van der Waals surface area (Å²) in [5.74, 6) is 0.342. The Balaban J connectivity index is 1.96. The molecule has 22 heavy (non-hydrogen) atoms. The molecule has 0 aliphatic rings. The van der Waals surface area contributed by atoms with E-state index in [0.29, 0.717) is 11.5 Å². The van der Waals surface area contributed by atoms with Crippen molar-refractivity contribution >= 4 is 38.8 Å². The van der Waals surface area contributed by atoms with Crippen LogP contribution in [0.1, 0.15) is 23.7 Å². The molecule has 0 fully saturated rings. The van der Waals surface area contributed by atoms with Gasteiger partial charge in [-0.3, -0.25) is 15.1 Å². The summed E-state index contributed by atoms with van der Waals surface area (Å²) in [7, 11) is 0. The molecule has 5 nitrogen and oxygen atoms in total. The fraction of sp³-hybridized carbons (Fsp3) is 0.188. The van der Waals surface area contributed by atoms with Gasteiger partial charge < -0.3 is 4.57 Å². The van der Waals surface area contributed by atoms with Crippen LogP contribution < -0.4 is 5.32 Å². The molecule has 0 bridgehead atoms. The van der Waals surface area contributed by atoms with Gasteiger partial charge in [-0.2, -0.15) is 0 Å². The van der Waals surface area contributed by atoms with Gasteiger partial charge >= 0.3 is 0 Å². The molecule has 0 unspecified atom stereocenters. The van der Waals surface area contributed by atoms with Crippen LogP contribution in [-0.2, 0) is 6.54 Å². The van der Waals surface area contributed by atoms with Gasteiger partial charge in [0.1, 0.15) is 0 Å². The van der Waals surface area contributed by atoms with E-state index in [1.54, 1.807) is 12.3 Å². The molecule has 0 atom stereocenters. The number of nitrogens with zero attached hydrogens (tertiary/aromatic N) is 3. The van der Waals surface area contributed by atoms with Crippen molar-refractivity contribution in [3.63, 3.8) is 0 Å². The van der Waals surface area contributed by atoms with Crippen molar-refractivity contribution in [1.29, 1.82) is 0 Å². The lowest BCUT2D eigenvalue weighted by molar-refractivity contribution is 0.102. The molecule has 0 aliphatic carbocycles. The minimum absolute atomic E-state index is 0.221. The molecule has 6 heteroatoms. The number of imidazole rings is 1. The molecule has 0 radical (unpaired) electrons. The van der Waals surface area contributed by atoms with Crippen LogP contribution >= 0.6 is 15.9 Å². The van der Waals surface area contributed by atoms with E-state index in [1.165, 1.54) is 6.20 Å². The highest BCUT2D eigenvalue weighted by Gasteiger charge is 2.14. The predicted molar refractivity (Wildman–Crippen MR) is 89.9 cm³/mol. The number of hydrogen-bond donors (Lipinski definition) is 1. The lowest BCUT2D eigenvalue weighted by atomic mass is 10.3. The molecule has 0 saturated carbocycles. The second-order valence-corrected chi connectivity index (χ2v) is 5.84. The third-order valence-electron chi connectivity index (χ3n) is 3.29. The Morgan fingerprint density at radius 1 is 1.32 bits per heavy atom. The van der Waals surface area contributed by atoms with E-state index in [2.05, 4.69) is 38.1 Å². The van der Waals surface area contributed by atoms with Crippen molar-refractivity contribution in [3.05, 3.63) is 52.8 Å². The first-order valence-electron chi connectivity index (χ1n) is 7.06. The Labute approximate surface area is 136 Å². The van der Waals surface area contributed by atoms with E-state index in [1.807, 2.05) is 28.8 Å². The summed E-state index contributed by atoms with van der Waals surface area (Å²) < 4.78 is 2.79. The number of nitrogens with one attached hydrogen (secondary N) is 1. The number of para-hydroxylation sites is 2. The Hall–Kier alpha value is -2.21. The highest BCUT2D eigenvalue weighted by molar-refractivity contribution is 9.10. The average molecular weight is 359 g/mol. The maximum atomic E-state index is 12.4. The van der Waals surface area contributed by atoms with Crippen molar-refractivity contribution in [3.8, 4) is 0 Å². The third-order valence-corrected chi connectivity index (χ3v) is 3.73. The topological polar surface area (TPSA) is 59.8 Å². The Bertz CT molecular complexity index is 828. The fourth-order valence-corrected chi connectivity index (χ4v) is 2.70. The molecule has 0 spiro atoms. The predicted octanol–water partition coefficient (Wildman–Crippen LogP) is 3.86. The number of aryl methyl sites for hydroxylation is 1. The van der Waals surface area contributed by atoms with Gasteiger partial charge in [-0.05, 0) is 40.5 Å². The largest absolute Gasteiger partial charge is 0.310 e. The summed E-state index contributed by atoms with van der Waals surface area (Å²) in [5.41, 5.74) is 2.38. The van der Waals surface area contributed by atoms with Crippen molar-refractivity contribution in [2.24, 2.45) is 0 Å². The lowest BCUT2D eigenvalue weighted by Gasteiger charge is -2.09. The van der Waals surface area contributed by atoms with Gasteiger partial charge in [0, 0.05) is 23.4 Å². The Kier molecular flexibility index (Phi) is 4.20. The Morgan fingerprint density at radius 3 is 2.91 bits per heavy atom. The first-order valence-corrected chi connectivity index (χ1v) is 7.85. The first kappa shape index (κ1) is 14.7. The normalized spacial score (nSPS) is 10.8. The van der Waals surface area contributed by atoms with Gasteiger partial charge in [0.05, 0.1) is 16.6 Å². The van der Waals surface area contributed by atoms with Gasteiger partial charge in [0.2, 0.25) is 5.95 Å². The highest BCUT2D eigenvalue weighted by Crippen LogP contribution is 2.21. The number of carbonyl (C=O) groups excluding carboxylic acids is 1. The zero-order valence-electron chi connectivity index (χ0n) is 12.1. The molecular weight excluding hydrogens is 344 g/mol. The number of rotatable bonds is 4. The van der Waals surface area contributed by atoms with Crippen LogP contribution in [0, 0.1) is 0 Å². The van der Waals surface area contributed by atoms with Crippen molar-refractivity contribution in [2.75, 3.05) is 5.32 Å². The third kappa shape index (κ3) is 2.87. The minimum atomic E-state index is -0.221. The quantitative estimate of drug-likeness (QED) is 0.770. The zero-order valence-corrected chi connectivity index (χ0v) is 13.7. The van der Waals surface area contributed by atoms with Crippen molar-refractivity contribution < 1.29 is 4.79 Å². The summed E-state index contributed by atoms with van der Waals surface area (Å²) in [6, 6.07) is 9.59. The number of hydrogen-bond acceptors (Lipinski definition) is 3. The lowest BCUT2D eigenvalue weighted by Crippen LogP contribution is -2.16. The van der Waals surface area contributed by atoms with Crippen LogP contribution in [0.15, 0.2) is 47.2 Å². The number of pyridine rings is 1. The molecule has 0 saturated heterocycles. The molecule has 3 aromatic rings. The van der Waals surface area contributed by atoms with Crippen LogP contribution in [0.25, 0.3) is 11.0 Å². The van der Waals surface area contributed by atoms with E-state index in [-0.39, 0.29) is 5.91 Å². The van der Waals surface area contributed by atoms with E-state index in [9.17, 15) is 4.79 Å². The van der Waals surface area contributed by atoms with Gasteiger partial charge in [-0.25, -0.2) is 4.98 Å². The number of carbonyl (C=O) groups is 1. The standard InChI is InChI=1S/C16H15BrN4O/c1-2-7-21-14-6-4-3-5-13(14)19-16(21)20-15(22)11-8-12(17)10-18-9-11/h3-6,8-10H,2,7H2,1H3,(H,19,20,22). The molecule has 1 amide bonds. The van der Waals surface area contributed by atoms with Crippen LogP contribution in [0.4, 0.5) is 5.95 Å². The molecule has 2 heterocycles. The molecule has 1 N–H and O–H groups in total. The monoisotopic (exact) mass is 358 g/mol. The average Bonchev–Trinajstić information content (AvgIpc) is 2.85. The summed E-state index contributed by atoms with van der Waals surface area (Å²) in [6.45, 7) is 2.89. The maximum Gasteiger partial charge on any atom is 0.259 e. The highest BCUT2D eigenvalue weighted by atomic mass is 79.9. The molecule has 2 aromatic heterocycles.